The second kappa shape index (κ2) is 7.83. The number of aromatic nitrogens is 1. The fraction of sp³-hybridized carbons (Fsp3) is 0.182. The first kappa shape index (κ1) is 17.7. The van der Waals surface area contributed by atoms with Gasteiger partial charge in [0, 0.05) is 24.5 Å². The van der Waals surface area contributed by atoms with Crippen LogP contribution in [0.15, 0.2) is 77.7 Å². The summed E-state index contributed by atoms with van der Waals surface area (Å²) in [6.07, 6.45) is 1.65. The molecule has 0 fully saturated rings. The van der Waals surface area contributed by atoms with E-state index >= 15 is 0 Å². The molecular weight excluding hydrogens is 324 g/mol. The third-order valence-corrected chi connectivity index (χ3v) is 4.39. The molecule has 0 spiro atoms. The molecule has 0 aliphatic rings. The van der Waals surface area contributed by atoms with E-state index in [1.54, 1.807) is 21.7 Å². The van der Waals surface area contributed by atoms with Gasteiger partial charge in [0.1, 0.15) is 0 Å². The van der Waals surface area contributed by atoms with Crippen molar-refractivity contribution in [2.75, 3.05) is 11.4 Å². The Balaban J connectivity index is 1.93. The number of anilines is 1. The summed E-state index contributed by atoms with van der Waals surface area (Å²) in [5, 5.41) is 0. The summed E-state index contributed by atoms with van der Waals surface area (Å²) >= 11 is 0. The van der Waals surface area contributed by atoms with Crippen LogP contribution in [0.5, 0.6) is 0 Å². The van der Waals surface area contributed by atoms with E-state index < -0.39 is 0 Å². The molecule has 0 unspecified atom stereocenters. The molecule has 1 heterocycles. The van der Waals surface area contributed by atoms with Gasteiger partial charge in [-0.05, 0) is 37.1 Å². The van der Waals surface area contributed by atoms with Crippen molar-refractivity contribution in [2.24, 2.45) is 0 Å². The van der Waals surface area contributed by atoms with Gasteiger partial charge in [0.15, 0.2) is 0 Å². The lowest BCUT2D eigenvalue weighted by molar-refractivity contribution is 0.0987. The molecule has 3 aromatic rings. The Labute approximate surface area is 153 Å². The average Bonchev–Trinajstić information content (AvgIpc) is 2.66. The Morgan fingerprint density at radius 3 is 2.35 bits per heavy atom. The lowest BCUT2D eigenvalue weighted by atomic mass is 10.1. The molecule has 0 radical (unpaired) electrons. The van der Waals surface area contributed by atoms with Gasteiger partial charge >= 0.3 is 0 Å². The monoisotopic (exact) mass is 346 g/mol. The van der Waals surface area contributed by atoms with Gasteiger partial charge in [-0.1, -0.05) is 48.5 Å². The zero-order chi connectivity index (χ0) is 18.5. The van der Waals surface area contributed by atoms with Crippen LogP contribution in [0.25, 0.3) is 0 Å². The maximum absolute atomic E-state index is 13.1. The first-order valence-electron chi connectivity index (χ1n) is 8.72. The van der Waals surface area contributed by atoms with E-state index in [1.807, 2.05) is 68.4 Å². The van der Waals surface area contributed by atoms with Crippen molar-refractivity contribution < 1.29 is 4.79 Å². The van der Waals surface area contributed by atoms with Crippen molar-refractivity contribution in [3.8, 4) is 0 Å². The quantitative estimate of drug-likeness (QED) is 0.704. The Kier molecular flexibility index (Phi) is 5.32. The predicted octanol–water partition coefficient (Wildman–Crippen LogP) is 3.87. The minimum Gasteiger partial charge on any atom is -0.310 e. The van der Waals surface area contributed by atoms with Crippen LogP contribution in [0.4, 0.5) is 5.69 Å². The Morgan fingerprint density at radius 1 is 0.962 bits per heavy atom. The van der Waals surface area contributed by atoms with Gasteiger partial charge in [0.2, 0.25) is 0 Å². The summed E-state index contributed by atoms with van der Waals surface area (Å²) in [7, 11) is 0. The van der Waals surface area contributed by atoms with Gasteiger partial charge in [0.05, 0.1) is 12.1 Å². The third kappa shape index (κ3) is 3.75. The summed E-state index contributed by atoms with van der Waals surface area (Å²) in [5.41, 5.74) is 3.33. The van der Waals surface area contributed by atoms with E-state index in [-0.39, 0.29) is 11.5 Å². The first-order chi connectivity index (χ1) is 12.6. The zero-order valence-electron chi connectivity index (χ0n) is 15.1. The third-order valence-electron chi connectivity index (χ3n) is 4.39. The van der Waals surface area contributed by atoms with Crippen LogP contribution >= 0.6 is 0 Å². The van der Waals surface area contributed by atoms with Gasteiger partial charge in [-0.3, -0.25) is 9.59 Å². The lowest BCUT2D eigenvalue weighted by Gasteiger charge is -2.23. The second-order valence-electron chi connectivity index (χ2n) is 6.21. The molecule has 0 saturated heterocycles. The fourth-order valence-corrected chi connectivity index (χ4v) is 3.01. The zero-order valence-corrected chi connectivity index (χ0v) is 15.1. The lowest BCUT2D eigenvalue weighted by Crippen LogP contribution is -2.32. The number of rotatable bonds is 5. The molecule has 2 aromatic carbocycles. The molecule has 0 bridgehead atoms. The van der Waals surface area contributed by atoms with E-state index in [9.17, 15) is 9.59 Å². The van der Waals surface area contributed by atoms with Crippen molar-refractivity contribution in [3.05, 3.63) is 100.0 Å². The highest BCUT2D eigenvalue weighted by atomic mass is 16.2. The maximum atomic E-state index is 13.1. The molecule has 0 aliphatic heterocycles. The van der Waals surface area contributed by atoms with Crippen LogP contribution in [0.3, 0.4) is 0 Å². The number of amides is 1. The summed E-state index contributed by atoms with van der Waals surface area (Å²) in [6, 6.07) is 20.6. The molecule has 0 aliphatic carbocycles. The van der Waals surface area contributed by atoms with Crippen LogP contribution in [-0.2, 0) is 6.54 Å². The molecule has 0 N–H and O–H groups in total. The Morgan fingerprint density at radius 2 is 1.65 bits per heavy atom. The molecule has 1 amide bonds. The molecule has 3 rings (SSSR count). The molecular formula is C22H22N2O2. The standard InChI is InChI=1S/C22H22N2O2/c1-3-24(20-12-8-7-9-17(20)2)22(26)19-13-14-21(25)23(16-19)15-18-10-5-4-6-11-18/h4-14,16H,3,15H2,1-2H3. The fourth-order valence-electron chi connectivity index (χ4n) is 3.01. The van der Waals surface area contributed by atoms with Crippen LogP contribution in [0.2, 0.25) is 0 Å². The van der Waals surface area contributed by atoms with Gasteiger partial charge in [0.25, 0.3) is 11.5 Å². The number of nitrogens with zero attached hydrogens (tertiary/aromatic N) is 2. The van der Waals surface area contributed by atoms with Crippen LogP contribution < -0.4 is 10.5 Å². The largest absolute Gasteiger partial charge is 0.310 e. The van der Waals surface area contributed by atoms with Gasteiger partial charge in [-0.15, -0.1) is 0 Å². The van der Waals surface area contributed by atoms with Gasteiger partial charge in [-0.2, -0.15) is 0 Å². The minimum atomic E-state index is -0.121. The van der Waals surface area contributed by atoms with E-state index in [0.29, 0.717) is 18.7 Å². The number of pyridine rings is 1. The predicted molar refractivity (Wildman–Crippen MR) is 105 cm³/mol. The molecule has 132 valence electrons. The smallest absolute Gasteiger partial charge is 0.259 e. The van der Waals surface area contributed by atoms with Crippen molar-refractivity contribution in [3.63, 3.8) is 0 Å². The SMILES string of the molecule is CCN(C(=O)c1ccc(=O)n(Cc2ccccc2)c1)c1ccccc1C. The second-order valence-corrected chi connectivity index (χ2v) is 6.21. The average molecular weight is 346 g/mol. The number of aryl methyl sites for hydroxylation is 1. The molecule has 4 nitrogen and oxygen atoms in total. The van der Waals surface area contributed by atoms with Crippen molar-refractivity contribution in [2.45, 2.75) is 20.4 Å². The first-order valence-corrected chi connectivity index (χ1v) is 8.72. The normalized spacial score (nSPS) is 10.5. The molecule has 0 atom stereocenters. The van der Waals surface area contributed by atoms with E-state index in [0.717, 1.165) is 16.8 Å². The molecule has 1 aromatic heterocycles. The summed E-state index contributed by atoms with van der Waals surface area (Å²) in [5.74, 6) is -0.108. The van der Waals surface area contributed by atoms with E-state index in [1.165, 1.54) is 6.07 Å². The molecule has 0 saturated carbocycles. The van der Waals surface area contributed by atoms with Crippen LogP contribution in [-0.4, -0.2) is 17.0 Å². The molecule has 26 heavy (non-hydrogen) atoms. The van der Waals surface area contributed by atoms with Gasteiger partial charge < -0.3 is 9.47 Å². The summed E-state index contributed by atoms with van der Waals surface area (Å²) in [6.45, 7) is 4.94. The number of carbonyl (C=O) groups is 1. The van der Waals surface area contributed by atoms with Crippen molar-refractivity contribution in [1.82, 2.24) is 4.57 Å². The van der Waals surface area contributed by atoms with E-state index in [4.69, 9.17) is 0 Å². The highest BCUT2D eigenvalue weighted by Gasteiger charge is 2.18. The minimum absolute atomic E-state index is 0.108. The molecule has 4 heteroatoms. The van der Waals surface area contributed by atoms with E-state index in [2.05, 4.69) is 0 Å². The number of hydrogen-bond acceptors (Lipinski definition) is 2. The Hall–Kier alpha value is -3.14. The van der Waals surface area contributed by atoms with Gasteiger partial charge in [-0.25, -0.2) is 0 Å². The summed E-state index contributed by atoms with van der Waals surface area (Å²) in [4.78, 5) is 27.0. The van der Waals surface area contributed by atoms with Crippen molar-refractivity contribution >= 4 is 11.6 Å². The number of benzene rings is 2. The number of para-hydroxylation sites is 1. The Bertz CT molecular complexity index is 961. The summed E-state index contributed by atoms with van der Waals surface area (Å²) < 4.78 is 1.58. The van der Waals surface area contributed by atoms with Crippen LogP contribution in [0, 0.1) is 6.92 Å². The maximum Gasteiger partial charge on any atom is 0.259 e. The van der Waals surface area contributed by atoms with Crippen molar-refractivity contribution in [1.29, 1.82) is 0 Å². The number of carbonyl (C=O) groups excluding carboxylic acids is 1. The number of hydrogen-bond donors (Lipinski definition) is 0. The van der Waals surface area contributed by atoms with Crippen LogP contribution in [0.1, 0.15) is 28.4 Å². The topological polar surface area (TPSA) is 42.3 Å². The highest BCUT2D eigenvalue weighted by molar-refractivity contribution is 6.06. The highest BCUT2D eigenvalue weighted by Crippen LogP contribution is 2.21.